The van der Waals surface area contributed by atoms with E-state index in [1.54, 1.807) is 0 Å². The molecule has 0 saturated heterocycles. The van der Waals surface area contributed by atoms with Crippen LogP contribution in [0.15, 0.2) is 12.1 Å². The topological polar surface area (TPSA) is 22.1 Å². The largest absolute Gasteiger partial charge is 0.478 e. The highest BCUT2D eigenvalue weighted by Crippen LogP contribution is 2.12. The number of halogens is 2. The first-order chi connectivity index (χ1) is 5.24. The Kier molecular flexibility index (Phi) is 3.04. The van der Waals surface area contributed by atoms with Gasteiger partial charge < -0.3 is 4.74 Å². The van der Waals surface area contributed by atoms with Crippen molar-refractivity contribution in [3.05, 3.63) is 21.7 Å². The Bertz CT molecular complexity index is 254. The highest BCUT2D eigenvalue weighted by molar-refractivity contribution is 14.1. The van der Waals surface area contributed by atoms with E-state index in [0.29, 0.717) is 16.2 Å². The summed E-state index contributed by atoms with van der Waals surface area (Å²) >= 11 is 1.82. The maximum Gasteiger partial charge on any atom is 0.214 e. The van der Waals surface area contributed by atoms with Crippen LogP contribution < -0.4 is 4.74 Å². The first-order valence-corrected chi connectivity index (χ1v) is 4.26. The number of ether oxygens (including phenoxy) is 1. The van der Waals surface area contributed by atoms with Crippen LogP contribution in [-0.4, -0.2) is 11.6 Å². The molecule has 0 fully saturated rings. The second kappa shape index (κ2) is 3.85. The van der Waals surface area contributed by atoms with Crippen molar-refractivity contribution < 1.29 is 9.13 Å². The maximum atomic E-state index is 12.6. The van der Waals surface area contributed by atoms with Gasteiger partial charge in [-0.25, -0.2) is 9.37 Å². The number of nitrogens with zero attached hydrogens (tertiary/aromatic N) is 1. The van der Waals surface area contributed by atoms with E-state index in [4.69, 9.17) is 4.74 Å². The predicted octanol–water partition coefficient (Wildman–Crippen LogP) is 2.22. The van der Waals surface area contributed by atoms with Crippen LogP contribution in [0, 0.1) is 9.52 Å². The number of pyridine rings is 1. The van der Waals surface area contributed by atoms with E-state index in [9.17, 15) is 4.39 Å². The predicted molar refractivity (Wildman–Crippen MR) is 48.1 cm³/mol. The van der Waals surface area contributed by atoms with E-state index >= 15 is 0 Å². The Labute approximate surface area is 77.9 Å². The molecule has 0 aromatic carbocycles. The Morgan fingerprint density at radius 3 is 2.91 bits per heavy atom. The molecule has 60 valence electrons. The minimum absolute atomic E-state index is 0.311. The molecule has 0 atom stereocenters. The zero-order chi connectivity index (χ0) is 8.27. The summed E-state index contributed by atoms with van der Waals surface area (Å²) in [6.45, 7) is 2.41. The van der Waals surface area contributed by atoms with Gasteiger partial charge >= 0.3 is 0 Å². The van der Waals surface area contributed by atoms with Gasteiger partial charge in [-0.1, -0.05) is 0 Å². The second-order valence-corrected chi connectivity index (χ2v) is 2.88. The van der Waals surface area contributed by atoms with E-state index in [1.165, 1.54) is 12.1 Å². The van der Waals surface area contributed by atoms with E-state index < -0.39 is 0 Å². The Morgan fingerprint density at radius 2 is 2.36 bits per heavy atom. The number of hydrogen-bond donors (Lipinski definition) is 0. The Hall–Kier alpha value is -0.390. The minimum Gasteiger partial charge on any atom is -0.478 e. The normalized spacial score (nSPS) is 9.73. The molecule has 0 aliphatic heterocycles. The molecule has 0 aliphatic carbocycles. The SMILES string of the molecule is CCOc1ccc(F)c(I)n1. The molecule has 2 nitrogen and oxygen atoms in total. The lowest BCUT2D eigenvalue weighted by atomic mass is 10.5. The van der Waals surface area contributed by atoms with Gasteiger partial charge in [-0.05, 0) is 35.6 Å². The summed E-state index contributed by atoms with van der Waals surface area (Å²) in [5, 5.41) is 0. The van der Waals surface area contributed by atoms with E-state index in [2.05, 4.69) is 4.98 Å². The van der Waals surface area contributed by atoms with Crippen molar-refractivity contribution in [1.82, 2.24) is 4.98 Å². The quantitative estimate of drug-likeness (QED) is 0.605. The molecule has 0 saturated carbocycles. The molecule has 0 bridgehead atoms. The van der Waals surface area contributed by atoms with Gasteiger partial charge in [0.05, 0.1) is 6.61 Å². The van der Waals surface area contributed by atoms with Crippen LogP contribution >= 0.6 is 22.6 Å². The van der Waals surface area contributed by atoms with Gasteiger partial charge in [0.25, 0.3) is 0 Å². The molecular formula is C7H7FINO. The van der Waals surface area contributed by atoms with Crippen molar-refractivity contribution in [3.8, 4) is 5.88 Å². The smallest absolute Gasteiger partial charge is 0.214 e. The highest BCUT2D eigenvalue weighted by atomic mass is 127. The lowest BCUT2D eigenvalue weighted by Gasteiger charge is -2.01. The number of hydrogen-bond acceptors (Lipinski definition) is 2. The second-order valence-electron chi connectivity index (χ2n) is 1.86. The fourth-order valence-corrected chi connectivity index (χ4v) is 1.05. The molecule has 0 amide bonds. The molecule has 0 unspecified atom stereocenters. The lowest BCUT2D eigenvalue weighted by Crippen LogP contribution is -1.96. The zero-order valence-electron chi connectivity index (χ0n) is 5.97. The average molecular weight is 267 g/mol. The summed E-state index contributed by atoms with van der Waals surface area (Å²) in [5.41, 5.74) is 0. The van der Waals surface area contributed by atoms with Gasteiger partial charge in [0, 0.05) is 6.07 Å². The molecule has 1 heterocycles. The monoisotopic (exact) mass is 267 g/mol. The van der Waals surface area contributed by atoms with E-state index in [1.807, 2.05) is 29.5 Å². The molecule has 4 heteroatoms. The summed E-state index contributed by atoms with van der Waals surface area (Å²) in [7, 11) is 0. The Morgan fingerprint density at radius 1 is 1.64 bits per heavy atom. The third-order valence-electron chi connectivity index (χ3n) is 1.07. The highest BCUT2D eigenvalue weighted by Gasteiger charge is 2.00. The maximum absolute atomic E-state index is 12.6. The van der Waals surface area contributed by atoms with Gasteiger partial charge in [0.15, 0.2) is 5.82 Å². The van der Waals surface area contributed by atoms with E-state index in [0.717, 1.165) is 0 Å². The fraction of sp³-hybridized carbons (Fsp3) is 0.286. The molecule has 0 spiro atoms. The third-order valence-corrected chi connectivity index (χ3v) is 1.83. The van der Waals surface area contributed by atoms with Crippen molar-refractivity contribution in [2.75, 3.05) is 6.61 Å². The summed E-state index contributed by atoms with van der Waals surface area (Å²) in [6.07, 6.45) is 0. The van der Waals surface area contributed by atoms with Crippen LogP contribution in [0.25, 0.3) is 0 Å². The van der Waals surface area contributed by atoms with Crippen molar-refractivity contribution in [2.24, 2.45) is 0 Å². The van der Waals surface area contributed by atoms with Crippen LogP contribution in [0.1, 0.15) is 6.92 Å². The van der Waals surface area contributed by atoms with Crippen LogP contribution in [0.3, 0.4) is 0 Å². The average Bonchev–Trinajstić information content (AvgIpc) is 1.98. The summed E-state index contributed by atoms with van der Waals surface area (Å²) < 4.78 is 18.0. The van der Waals surface area contributed by atoms with Crippen LogP contribution in [-0.2, 0) is 0 Å². The van der Waals surface area contributed by atoms with Gasteiger partial charge in [-0.2, -0.15) is 0 Å². The third kappa shape index (κ3) is 2.28. The van der Waals surface area contributed by atoms with Gasteiger partial charge in [-0.3, -0.25) is 0 Å². The van der Waals surface area contributed by atoms with Gasteiger partial charge in [0.1, 0.15) is 3.70 Å². The summed E-state index contributed by atoms with van der Waals surface area (Å²) in [4.78, 5) is 3.85. The van der Waals surface area contributed by atoms with Gasteiger partial charge in [0.2, 0.25) is 5.88 Å². The number of rotatable bonds is 2. The van der Waals surface area contributed by atoms with Crippen molar-refractivity contribution in [3.63, 3.8) is 0 Å². The molecule has 1 aromatic heterocycles. The van der Waals surface area contributed by atoms with Crippen LogP contribution in [0.2, 0.25) is 0 Å². The molecular weight excluding hydrogens is 260 g/mol. The molecule has 0 radical (unpaired) electrons. The van der Waals surface area contributed by atoms with Crippen LogP contribution in [0.5, 0.6) is 5.88 Å². The Balaban J connectivity index is 2.86. The summed E-state index contributed by atoms with van der Waals surface area (Å²) in [5.74, 6) is 0.160. The lowest BCUT2D eigenvalue weighted by molar-refractivity contribution is 0.325. The van der Waals surface area contributed by atoms with Crippen LogP contribution in [0.4, 0.5) is 4.39 Å². The molecule has 1 aromatic rings. The first-order valence-electron chi connectivity index (χ1n) is 3.19. The molecule has 0 aliphatic rings. The number of aromatic nitrogens is 1. The minimum atomic E-state index is -0.311. The fourth-order valence-electron chi connectivity index (χ4n) is 0.629. The van der Waals surface area contributed by atoms with Crippen molar-refractivity contribution in [2.45, 2.75) is 6.92 Å². The zero-order valence-corrected chi connectivity index (χ0v) is 8.13. The molecule has 11 heavy (non-hydrogen) atoms. The van der Waals surface area contributed by atoms with Crippen molar-refractivity contribution >= 4 is 22.6 Å². The van der Waals surface area contributed by atoms with Gasteiger partial charge in [-0.15, -0.1) is 0 Å². The molecule has 0 N–H and O–H groups in total. The standard InChI is InChI=1S/C7H7FINO/c1-2-11-6-4-3-5(8)7(9)10-6/h3-4H,2H2,1H3. The van der Waals surface area contributed by atoms with Crippen molar-refractivity contribution in [1.29, 1.82) is 0 Å². The summed E-state index contributed by atoms with van der Waals surface area (Å²) in [6, 6.07) is 2.86. The molecule has 1 rings (SSSR count). The van der Waals surface area contributed by atoms with E-state index in [-0.39, 0.29) is 5.82 Å². The first kappa shape index (κ1) is 8.70.